The molecule has 1 aromatic carbocycles. The first kappa shape index (κ1) is 17.6. The first-order valence-electron chi connectivity index (χ1n) is 9.25. The second-order valence-electron chi connectivity index (χ2n) is 6.28. The molecule has 1 saturated heterocycles. The number of hydrogen-bond acceptors (Lipinski definition) is 4. The zero-order chi connectivity index (χ0) is 17.8. The maximum atomic E-state index is 13.2. The van der Waals surface area contributed by atoms with Crippen molar-refractivity contribution >= 4 is 5.91 Å². The summed E-state index contributed by atoms with van der Waals surface area (Å²) >= 11 is 0. The first-order valence-corrected chi connectivity index (χ1v) is 9.25. The van der Waals surface area contributed by atoms with Gasteiger partial charge in [-0.1, -0.05) is 12.2 Å². The van der Waals surface area contributed by atoms with Crippen molar-refractivity contribution in [2.75, 3.05) is 19.8 Å². The van der Waals surface area contributed by atoms with Gasteiger partial charge in [0, 0.05) is 11.6 Å². The van der Waals surface area contributed by atoms with Crippen molar-refractivity contribution in [2.45, 2.75) is 52.1 Å². The van der Waals surface area contributed by atoms with Gasteiger partial charge >= 0.3 is 0 Å². The molecule has 0 saturated carbocycles. The van der Waals surface area contributed by atoms with Gasteiger partial charge in [-0.05, 0) is 52.2 Å². The molecule has 2 aliphatic rings. The topological polar surface area (TPSA) is 48.0 Å². The van der Waals surface area contributed by atoms with Crippen molar-refractivity contribution in [2.24, 2.45) is 0 Å². The van der Waals surface area contributed by atoms with Crippen molar-refractivity contribution in [3.05, 3.63) is 29.8 Å². The van der Waals surface area contributed by atoms with Gasteiger partial charge in [0.2, 0.25) is 5.75 Å². The van der Waals surface area contributed by atoms with Crippen LogP contribution in [0, 0.1) is 0 Å². The molecule has 0 aliphatic carbocycles. The Kier molecular flexibility index (Phi) is 5.51. The number of ether oxygens (including phenoxy) is 3. The highest BCUT2D eigenvalue weighted by Crippen LogP contribution is 2.41. The summed E-state index contributed by atoms with van der Waals surface area (Å²) < 4.78 is 17.2. The molecule has 1 fully saturated rings. The Morgan fingerprint density at radius 2 is 1.68 bits per heavy atom. The van der Waals surface area contributed by atoms with Gasteiger partial charge in [0.05, 0.1) is 25.9 Å². The van der Waals surface area contributed by atoms with E-state index in [1.54, 1.807) is 12.1 Å². The van der Waals surface area contributed by atoms with Gasteiger partial charge in [0.1, 0.15) is 0 Å². The van der Waals surface area contributed by atoms with E-state index in [1.807, 2.05) is 25.7 Å². The van der Waals surface area contributed by atoms with Crippen molar-refractivity contribution in [3.63, 3.8) is 0 Å². The second-order valence-corrected chi connectivity index (χ2v) is 6.28. The molecule has 25 heavy (non-hydrogen) atoms. The third kappa shape index (κ3) is 3.46. The highest BCUT2D eigenvalue weighted by atomic mass is 16.5. The number of carbonyl (C=O) groups is 1. The molecule has 0 N–H and O–H groups in total. The molecule has 2 heterocycles. The zero-order valence-corrected chi connectivity index (χ0v) is 15.3. The average Bonchev–Trinajstić information content (AvgIpc) is 2.85. The molecule has 0 aromatic heterocycles. The SMILES string of the molecule is CCOc1cc(C(=O)N2C3C=CCC2CC3)cc(OCC)c1OCC. The molecule has 1 amide bonds. The zero-order valence-electron chi connectivity index (χ0n) is 15.3. The smallest absolute Gasteiger partial charge is 0.254 e. The average molecular weight is 345 g/mol. The van der Waals surface area contributed by atoms with E-state index in [4.69, 9.17) is 14.2 Å². The number of rotatable bonds is 7. The minimum Gasteiger partial charge on any atom is -0.490 e. The fraction of sp³-hybridized carbons (Fsp3) is 0.550. The van der Waals surface area contributed by atoms with Crippen LogP contribution in [0.5, 0.6) is 17.2 Å². The molecule has 2 aliphatic heterocycles. The third-order valence-electron chi connectivity index (χ3n) is 4.70. The van der Waals surface area contributed by atoms with E-state index >= 15 is 0 Å². The molecule has 0 radical (unpaired) electrons. The van der Waals surface area contributed by atoms with Crippen LogP contribution in [0.15, 0.2) is 24.3 Å². The summed E-state index contributed by atoms with van der Waals surface area (Å²) in [5.41, 5.74) is 0.600. The maximum absolute atomic E-state index is 13.2. The molecule has 2 unspecified atom stereocenters. The van der Waals surface area contributed by atoms with E-state index in [2.05, 4.69) is 12.2 Å². The van der Waals surface area contributed by atoms with E-state index in [9.17, 15) is 4.79 Å². The summed E-state index contributed by atoms with van der Waals surface area (Å²) in [4.78, 5) is 15.2. The van der Waals surface area contributed by atoms with Crippen LogP contribution in [0.3, 0.4) is 0 Å². The van der Waals surface area contributed by atoms with Crippen LogP contribution in [0.4, 0.5) is 0 Å². The number of carbonyl (C=O) groups excluding carboxylic acids is 1. The molecule has 2 atom stereocenters. The standard InChI is InChI=1S/C20H27NO4/c1-4-23-17-12-14(13-18(24-5-2)19(17)25-6-3)20(22)21-15-8-7-9-16(21)11-10-15/h7-8,12-13,15-16H,4-6,9-11H2,1-3H3. The van der Waals surface area contributed by atoms with Crippen LogP contribution in [0.2, 0.25) is 0 Å². The van der Waals surface area contributed by atoms with Gasteiger partial charge in [-0.25, -0.2) is 0 Å². The number of amides is 1. The molecule has 2 bridgehead atoms. The van der Waals surface area contributed by atoms with Crippen molar-refractivity contribution in [1.82, 2.24) is 4.90 Å². The van der Waals surface area contributed by atoms with Gasteiger partial charge in [-0.15, -0.1) is 0 Å². The van der Waals surface area contributed by atoms with Crippen LogP contribution in [0.1, 0.15) is 50.4 Å². The van der Waals surface area contributed by atoms with E-state index in [1.165, 1.54) is 0 Å². The Morgan fingerprint density at radius 1 is 1.04 bits per heavy atom. The highest BCUT2D eigenvalue weighted by Gasteiger charge is 2.38. The Hall–Kier alpha value is -2.17. The largest absolute Gasteiger partial charge is 0.490 e. The van der Waals surface area contributed by atoms with Crippen LogP contribution in [0.25, 0.3) is 0 Å². The van der Waals surface area contributed by atoms with Crippen LogP contribution in [-0.2, 0) is 0 Å². The Balaban J connectivity index is 1.97. The molecule has 5 nitrogen and oxygen atoms in total. The van der Waals surface area contributed by atoms with Gasteiger partial charge in [0.25, 0.3) is 5.91 Å². The van der Waals surface area contributed by atoms with Gasteiger partial charge in [-0.2, -0.15) is 0 Å². The van der Waals surface area contributed by atoms with Crippen molar-refractivity contribution in [1.29, 1.82) is 0 Å². The number of fused-ring (bicyclic) bond motifs is 2. The Morgan fingerprint density at radius 3 is 2.24 bits per heavy atom. The summed E-state index contributed by atoms with van der Waals surface area (Å²) in [7, 11) is 0. The lowest BCUT2D eigenvalue weighted by Gasteiger charge is -2.31. The van der Waals surface area contributed by atoms with E-state index in [-0.39, 0.29) is 11.9 Å². The lowest BCUT2D eigenvalue weighted by molar-refractivity contribution is 0.0687. The van der Waals surface area contributed by atoms with E-state index in [0.29, 0.717) is 48.7 Å². The fourth-order valence-electron chi connectivity index (χ4n) is 3.70. The summed E-state index contributed by atoms with van der Waals surface area (Å²) in [5.74, 6) is 1.75. The minimum absolute atomic E-state index is 0.0433. The molecule has 5 heteroatoms. The maximum Gasteiger partial charge on any atom is 0.254 e. The highest BCUT2D eigenvalue weighted by molar-refractivity contribution is 5.96. The number of hydrogen-bond donors (Lipinski definition) is 0. The molecule has 136 valence electrons. The third-order valence-corrected chi connectivity index (χ3v) is 4.70. The summed E-state index contributed by atoms with van der Waals surface area (Å²) in [5, 5.41) is 0. The van der Waals surface area contributed by atoms with E-state index in [0.717, 1.165) is 19.3 Å². The predicted molar refractivity (Wildman–Crippen MR) is 96.7 cm³/mol. The summed E-state index contributed by atoms with van der Waals surface area (Å²) in [6.45, 7) is 7.26. The quantitative estimate of drug-likeness (QED) is 0.705. The van der Waals surface area contributed by atoms with Crippen molar-refractivity contribution < 1.29 is 19.0 Å². The monoisotopic (exact) mass is 345 g/mol. The van der Waals surface area contributed by atoms with Gasteiger partial charge in [0.15, 0.2) is 11.5 Å². The Labute approximate surface area is 149 Å². The number of nitrogens with zero attached hydrogens (tertiary/aromatic N) is 1. The van der Waals surface area contributed by atoms with Crippen LogP contribution < -0.4 is 14.2 Å². The van der Waals surface area contributed by atoms with Gasteiger partial charge < -0.3 is 19.1 Å². The minimum atomic E-state index is 0.0433. The summed E-state index contributed by atoms with van der Waals surface area (Å²) in [6.07, 6.45) is 7.40. The van der Waals surface area contributed by atoms with Crippen LogP contribution in [-0.4, -0.2) is 42.7 Å². The second kappa shape index (κ2) is 7.81. The predicted octanol–water partition coefficient (Wildman–Crippen LogP) is 3.82. The van der Waals surface area contributed by atoms with Gasteiger partial charge in [-0.3, -0.25) is 4.79 Å². The number of benzene rings is 1. The van der Waals surface area contributed by atoms with Crippen LogP contribution >= 0.6 is 0 Å². The molecular formula is C20H27NO4. The Bertz CT molecular complexity index is 628. The molecule has 3 rings (SSSR count). The summed E-state index contributed by atoms with van der Waals surface area (Å²) in [6, 6.07) is 4.10. The van der Waals surface area contributed by atoms with Crippen molar-refractivity contribution in [3.8, 4) is 17.2 Å². The molecular weight excluding hydrogens is 318 g/mol. The normalized spacial score (nSPS) is 21.3. The molecule has 1 aromatic rings. The van der Waals surface area contributed by atoms with E-state index < -0.39 is 0 Å². The first-order chi connectivity index (χ1) is 12.2. The lowest BCUT2D eigenvalue weighted by atomic mass is 10.1. The fourth-order valence-corrected chi connectivity index (χ4v) is 3.70. The lowest BCUT2D eigenvalue weighted by Crippen LogP contribution is -2.42. The molecule has 0 spiro atoms.